The molecule has 5 aromatic carbocycles. The van der Waals surface area contributed by atoms with E-state index in [-0.39, 0.29) is 5.92 Å². The Kier molecular flexibility index (Phi) is 3.77. The summed E-state index contributed by atoms with van der Waals surface area (Å²) in [6.07, 6.45) is 3.40. The largest absolute Gasteiger partial charge is 0.0619 e. The third kappa shape index (κ3) is 2.50. The van der Waals surface area contributed by atoms with Gasteiger partial charge in [0, 0.05) is 5.92 Å². The van der Waals surface area contributed by atoms with Gasteiger partial charge in [-0.25, -0.2) is 0 Å². The first-order valence-electron chi connectivity index (χ1n) is 11.4. The van der Waals surface area contributed by atoms with Gasteiger partial charge in [0.1, 0.15) is 0 Å². The van der Waals surface area contributed by atoms with Crippen LogP contribution in [0.5, 0.6) is 0 Å². The molecule has 0 amide bonds. The van der Waals surface area contributed by atoms with Crippen molar-refractivity contribution < 1.29 is 0 Å². The summed E-state index contributed by atoms with van der Waals surface area (Å²) in [5.74, 6) is 0.244. The summed E-state index contributed by atoms with van der Waals surface area (Å²) in [6, 6.07) is 40.2. The van der Waals surface area contributed by atoms with Crippen LogP contribution in [0.25, 0.3) is 33.5 Å². The number of hydrogen-bond acceptors (Lipinski definition) is 0. The van der Waals surface area contributed by atoms with Crippen LogP contribution in [-0.4, -0.2) is 0 Å². The summed E-state index contributed by atoms with van der Waals surface area (Å²) in [7, 11) is 0. The quantitative estimate of drug-likeness (QED) is 0.272. The molecule has 7 rings (SSSR count). The molecule has 0 spiro atoms. The third-order valence-electron chi connectivity index (χ3n) is 7.20. The smallest absolute Gasteiger partial charge is 0.0364 e. The average molecular weight is 407 g/mol. The maximum absolute atomic E-state index is 2.40. The van der Waals surface area contributed by atoms with Gasteiger partial charge in [0.15, 0.2) is 0 Å². The molecule has 0 heterocycles. The summed E-state index contributed by atoms with van der Waals surface area (Å²) in [5.41, 5.74) is 12.6. The molecular weight excluding hydrogens is 384 g/mol. The Labute approximate surface area is 188 Å². The van der Waals surface area contributed by atoms with Crippen molar-refractivity contribution in [2.45, 2.75) is 12.3 Å². The van der Waals surface area contributed by atoms with Crippen LogP contribution in [0.15, 0.2) is 109 Å². The van der Waals surface area contributed by atoms with Gasteiger partial charge in [-0.05, 0) is 67.3 Å². The molecular formula is C32H22. The molecule has 0 aromatic heterocycles. The minimum atomic E-state index is 0.244. The van der Waals surface area contributed by atoms with Crippen LogP contribution >= 0.6 is 0 Å². The minimum Gasteiger partial charge on any atom is -0.0619 e. The summed E-state index contributed by atoms with van der Waals surface area (Å²) in [5, 5.41) is 2.67. The van der Waals surface area contributed by atoms with Crippen molar-refractivity contribution in [3.63, 3.8) is 0 Å². The first-order chi connectivity index (χ1) is 15.9. The zero-order valence-electron chi connectivity index (χ0n) is 17.8. The van der Waals surface area contributed by atoms with Gasteiger partial charge in [0.05, 0.1) is 0 Å². The molecule has 0 unspecified atom stereocenters. The zero-order chi connectivity index (χ0) is 21.1. The Balaban J connectivity index is 1.54. The van der Waals surface area contributed by atoms with E-state index < -0.39 is 0 Å². The van der Waals surface area contributed by atoms with Crippen LogP contribution in [0.2, 0.25) is 0 Å². The first kappa shape index (κ1) is 17.7. The van der Waals surface area contributed by atoms with E-state index in [1.54, 1.807) is 0 Å². The molecule has 0 fully saturated rings. The fraction of sp³-hybridized carbons (Fsp3) is 0.0625. The monoisotopic (exact) mass is 406 g/mol. The SMILES string of the molecule is C1=C(c2ccc3ccccc3c2C2c3ccccc3-c3ccccc32)Cc2ccccc21. The molecule has 2 aliphatic rings. The highest BCUT2D eigenvalue weighted by molar-refractivity contribution is 5.98. The van der Waals surface area contributed by atoms with E-state index in [1.807, 2.05) is 0 Å². The molecule has 5 aromatic rings. The van der Waals surface area contributed by atoms with E-state index in [4.69, 9.17) is 0 Å². The molecule has 32 heavy (non-hydrogen) atoms. The van der Waals surface area contributed by atoms with E-state index in [0.29, 0.717) is 0 Å². The molecule has 0 radical (unpaired) electrons. The Morgan fingerprint density at radius 1 is 0.531 bits per heavy atom. The predicted molar refractivity (Wildman–Crippen MR) is 135 cm³/mol. The average Bonchev–Trinajstić information content (AvgIpc) is 3.43. The molecule has 0 atom stereocenters. The van der Waals surface area contributed by atoms with Crippen LogP contribution in [0.4, 0.5) is 0 Å². The maximum Gasteiger partial charge on any atom is 0.0364 e. The minimum absolute atomic E-state index is 0.244. The standard InChI is InChI=1S/C32H22/c1-2-11-23-20-24(19-22(23)10-1)26-18-17-21-9-3-4-12-25(21)31(26)32-29-15-7-5-13-27(29)28-14-6-8-16-30(28)32/h1-19,32H,20H2. The van der Waals surface area contributed by atoms with Crippen molar-refractivity contribution in [2.75, 3.05) is 0 Å². The van der Waals surface area contributed by atoms with E-state index in [9.17, 15) is 0 Å². The lowest BCUT2D eigenvalue weighted by Gasteiger charge is -2.22. The van der Waals surface area contributed by atoms with Crippen LogP contribution in [0.1, 0.15) is 39.3 Å². The Bertz CT molecular complexity index is 1500. The van der Waals surface area contributed by atoms with E-state index >= 15 is 0 Å². The van der Waals surface area contributed by atoms with Crippen molar-refractivity contribution >= 4 is 22.4 Å². The Hall–Kier alpha value is -3.90. The van der Waals surface area contributed by atoms with E-state index in [1.165, 1.54) is 60.9 Å². The van der Waals surface area contributed by atoms with Crippen molar-refractivity contribution in [1.82, 2.24) is 0 Å². The summed E-state index contributed by atoms with van der Waals surface area (Å²) in [6.45, 7) is 0. The van der Waals surface area contributed by atoms with Gasteiger partial charge >= 0.3 is 0 Å². The summed E-state index contributed by atoms with van der Waals surface area (Å²) in [4.78, 5) is 0. The fourth-order valence-corrected chi connectivity index (χ4v) is 5.81. The normalized spacial score (nSPS) is 14.2. The second kappa shape index (κ2) is 6.80. The highest BCUT2D eigenvalue weighted by Gasteiger charge is 2.33. The summed E-state index contributed by atoms with van der Waals surface area (Å²) < 4.78 is 0. The number of rotatable bonds is 2. The predicted octanol–water partition coefficient (Wildman–Crippen LogP) is 8.10. The lowest BCUT2D eigenvalue weighted by Crippen LogP contribution is -2.05. The summed E-state index contributed by atoms with van der Waals surface area (Å²) >= 11 is 0. The fourth-order valence-electron chi connectivity index (χ4n) is 5.81. The Morgan fingerprint density at radius 2 is 1.19 bits per heavy atom. The molecule has 0 saturated carbocycles. The van der Waals surface area contributed by atoms with Crippen molar-refractivity contribution in [2.24, 2.45) is 0 Å². The molecule has 0 saturated heterocycles. The topological polar surface area (TPSA) is 0 Å². The van der Waals surface area contributed by atoms with Gasteiger partial charge < -0.3 is 0 Å². The lowest BCUT2D eigenvalue weighted by molar-refractivity contribution is 1.02. The van der Waals surface area contributed by atoms with Crippen LogP contribution in [0, 0.1) is 0 Å². The van der Waals surface area contributed by atoms with Crippen LogP contribution < -0.4 is 0 Å². The van der Waals surface area contributed by atoms with Crippen molar-refractivity contribution in [3.05, 3.63) is 143 Å². The van der Waals surface area contributed by atoms with Crippen LogP contribution in [0.3, 0.4) is 0 Å². The molecule has 150 valence electrons. The van der Waals surface area contributed by atoms with E-state index in [0.717, 1.165) is 6.42 Å². The molecule has 0 nitrogen and oxygen atoms in total. The Morgan fingerprint density at radius 3 is 1.97 bits per heavy atom. The number of fused-ring (bicyclic) bond motifs is 5. The van der Waals surface area contributed by atoms with Gasteiger partial charge in [-0.15, -0.1) is 0 Å². The zero-order valence-corrected chi connectivity index (χ0v) is 17.8. The number of hydrogen-bond donors (Lipinski definition) is 0. The molecule has 0 bridgehead atoms. The first-order valence-corrected chi connectivity index (χ1v) is 11.4. The lowest BCUT2D eigenvalue weighted by atomic mass is 9.81. The molecule has 0 N–H and O–H groups in total. The van der Waals surface area contributed by atoms with Gasteiger partial charge in [0.2, 0.25) is 0 Å². The van der Waals surface area contributed by atoms with E-state index in [2.05, 4.69) is 115 Å². The number of benzene rings is 5. The second-order valence-electron chi connectivity index (χ2n) is 8.90. The number of allylic oxidation sites excluding steroid dienone is 1. The van der Waals surface area contributed by atoms with Gasteiger partial charge in [-0.3, -0.25) is 0 Å². The highest BCUT2D eigenvalue weighted by atomic mass is 14.4. The van der Waals surface area contributed by atoms with Crippen molar-refractivity contribution in [1.29, 1.82) is 0 Å². The molecule has 0 aliphatic heterocycles. The second-order valence-corrected chi connectivity index (χ2v) is 8.90. The molecule has 0 heteroatoms. The van der Waals surface area contributed by atoms with Gasteiger partial charge in [-0.1, -0.05) is 115 Å². The van der Waals surface area contributed by atoms with Gasteiger partial charge in [-0.2, -0.15) is 0 Å². The maximum atomic E-state index is 2.40. The molecule has 2 aliphatic carbocycles. The highest BCUT2D eigenvalue weighted by Crippen LogP contribution is 2.51. The van der Waals surface area contributed by atoms with Gasteiger partial charge in [0.25, 0.3) is 0 Å². The van der Waals surface area contributed by atoms with Crippen molar-refractivity contribution in [3.8, 4) is 11.1 Å². The third-order valence-corrected chi connectivity index (χ3v) is 7.20. The van der Waals surface area contributed by atoms with Crippen LogP contribution in [-0.2, 0) is 6.42 Å².